The lowest BCUT2D eigenvalue weighted by atomic mass is 10.1. The van der Waals surface area contributed by atoms with Crippen molar-refractivity contribution in [2.24, 2.45) is 0 Å². The summed E-state index contributed by atoms with van der Waals surface area (Å²) in [6.07, 6.45) is 10.8. The van der Waals surface area contributed by atoms with Gasteiger partial charge in [-0.2, -0.15) is 5.10 Å². The molecule has 9 nitrogen and oxygen atoms in total. The van der Waals surface area contributed by atoms with Gasteiger partial charge in [0.05, 0.1) is 23.1 Å². The monoisotopic (exact) mass is 473 g/mol. The lowest BCUT2D eigenvalue weighted by molar-refractivity contribution is 0.913. The number of hydrogen-bond donors (Lipinski definition) is 3. The summed E-state index contributed by atoms with van der Waals surface area (Å²) in [6.45, 7) is 6.21. The number of H-pyrrole nitrogens is 2. The molecule has 0 fully saturated rings. The SMILES string of the molecule is C=C(CCC)Nc1cncc(-c2ccc3[nH]nc(-c4nc5c(-c6ccncc6)ccnc5[nH]4)c3n2)c1. The lowest BCUT2D eigenvalue weighted by Gasteiger charge is -2.09. The molecule has 0 saturated heterocycles. The molecule has 0 radical (unpaired) electrons. The highest BCUT2D eigenvalue weighted by Crippen LogP contribution is 2.31. The Labute approximate surface area is 206 Å². The van der Waals surface area contributed by atoms with Gasteiger partial charge < -0.3 is 10.3 Å². The van der Waals surface area contributed by atoms with E-state index in [1.54, 1.807) is 31.0 Å². The van der Waals surface area contributed by atoms with Gasteiger partial charge in [0, 0.05) is 41.6 Å². The molecule has 176 valence electrons. The van der Waals surface area contributed by atoms with Crippen molar-refractivity contribution >= 4 is 27.9 Å². The standard InChI is InChI=1S/C27H23N9/c1-3-4-16(2)31-19-13-18(14-29-15-19)21-5-6-22-24(32-21)25(36-35-22)27-33-23-20(9-12-30-26(23)34-27)17-7-10-28-11-8-17/h5-15,31H,2-4H2,1H3,(H,35,36)(H,30,33,34). The van der Waals surface area contributed by atoms with Crippen LogP contribution in [0.15, 0.2) is 79.7 Å². The maximum absolute atomic E-state index is 4.92. The number of pyridine rings is 4. The first-order valence-electron chi connectivity index (χ1n) is 11.7. The number of fused-ring (bicyclic) bond motifs is 2. The van der Waals surface area contributed by atoms with Crippen LogP contribution in [0.25, 0.3) is 56.1 Å². The second-order valence-electron chi connectivity index (χ2n) is 8.48. The molecular weight excluding hydrogens is 450 g/mol. The minimum atomic E-state index is 0.597. The van der Waals surface area contributed by atoms with Crippen LogP contribution in [0, 0.1) is 0 Å². The Morgan fingerprint density at radius 3 is 2.69 bits per heavy atom. The summed E-state index contributed by atoms with van der Waals surface area (Å²) in [6, 6.07) is 11.8. The topological polar surface area (TPSA) is 121 Å². The number of allylic oxidation sites excluding steroid dienone is 1. The number of hydrogen-bond acceptors (Lipinski definition) is 7. The molecule has 6 aromatic heterocycles. The van der Waals surface area contributed by atoms with Crippen molar-refractivity contribution < 1.29 is 0 Å². The zero-order chi connectivity index (χ0) is 24.5. The summed E-state index contributed by atoms with van der Waals surface area (Å²) in [5.41, 5.74) is 9.12. The second-order valence-corrected chi connectivity index (χ2v) is 8.48. The molecule has 6 rings (SSSR count). The van der Waals surface area contributed by atoms with Crippen LogP contribution in [-0.2, 0) is 0 Å². The van der Waals surface area contributed by atoms with Crippen LogP contribution < -0.4 is 5.32 Å². The van der Waals surface area contributed by atoms with E-state index in [0.717, 1.165) is 57.6 Å². The summed E-state index contributed by atoms with van der Waals surface area (Å²) in [5, 5.41) is 10.9. The number of nitrogens with one attached hydrogen (secondary N) is 3. The summed E-state index contributed by atoms with van der Waals surface area (Å²) in [7, 11) is 0. The van der Waals surface area contributed by atoms with E-state index in [1.807, 2.05) is 36.4 Å². The third-order valence-electron chi connectivity index (χ3n) is 5.91. The van der Waals surface area contributed by atoms with Crippen molar-refractivity contribution in [2.45, 2.75) is 19.8 Å². The fourth-order valence-corrected chi connectivity index (χ4v) is 4.23. The van der Waals surface area contributed by atoms with E-state index in [2.05, 4.69) is 49.0 Å². The van der Waals surface area contributed by atoms with Crippen molar-refractivity contribution in [1.29, 1.82) is 0 Å². The molecule has 0 aliphatic carbocycles. The van der Waals surface area contributed by atoms with Gasteiger partial charge >= 0.3 is 0 Å². The zero-order valence-electron chi connectivity index (χ0n) is 19.7. The minimum Gasteiger partial charge on any atom is -0.358 e. The van der Waals surface area contributed by atoms with Gasteiger partial charge in [0.1, 0.15) is 11.0 Å². The number of imidazole rings is 1. The molecule has 6 heterocycles. The summed E-state index contributed by atoms with van der Waals surface area (Å²) in [4.78, 5) is 26.1. The molecule has 9 heteroatoms. The van der Waals surface area contributed by atoms with Crippen molar-refractivity contribution in [3.63, 3.8) is 0 Å². The van der Waals surface area contributed by atoms with Gasteiger partial charge in [-0.3, -0.25) is 15.1 Å². The zero-order valence-corrected chi connectivity index (χ0v) is 19.7. The summed E-state index contributed by atoms with van der Waals surface area (Å²) < 4.78 is 0. The van der Waals surface area contributed by atoms with E-state index >= 15 is 0 Å². The van der Waals surface area contributed by atoms with Gasteiger partial charge in [-0.05, 0) is 48.4 Å². The highest BCUT2D eigenvalue weighted by molar-refractivity contribution is 5.94. The maximum atomic E-state index is 4.92. The van der Waals surface area contributed by atoms with E-state index in [4.69, 9.17) is 9.97 Å². The van der Waals surface area contributed by atoms with E-state index in [9.17, 15) is 0 Å². The largest absolute Gasteiger partial charge is 0.358 e. The molecular formula is C27H23N9. The van der Waals surface area contributed by atoms with Crippen LogP contribution in [0.3, 0.4) is 0 Å². The van der Waals surface area contributed by atoms with Crippen LogP contribution in [0.2, 0.25) is 0 Å². The van der Waals surface area contributed by atoms with Gasteiger partial charge in [-0.25, -0.2) is 15.0 Å². The molecule has 36 heavy (non-hydrogen) atoms. The Bertz CT molecular complexity index is 1700. The molecule has 0 aromatic carbocycles. The first-order chi connectivity index (χ1) is 17.7. The van der Waals surface area contributed by atoms with Gasteiger partial charge in [0.2, 0.25) is 0 Å². The Morgan fingerprint density at radius 2 is 1.83 bits per heavy atom. The number of anilines is 1. The molecule has 0 aliphatic heterocycles. The van der Waals surface area contributed by atoms with Gasteiger partial charge in [-0.1, -0.05) is 19.9 Å². The fraction of sp³-hybridized carbons (Fsp3) is 0.111. The normalized spacial score (nSPS) is 11.2. The van der Waals surface area contributed by atoms with Crippen molar-refractivity contribution in [3.05, 3.63) is 79.7 Å². The van der Waals surface area contributed by atoms with Crippen molar-refractivity contribution in [1.82, 2.24) is 40.1 Å². The van der Waals surface area contributed by atoms with Crippen molar-refractivity contribution in [3.8, 4) is 33.9 Å². The molecule has 0 amide bonds. The average molecular weight is 474 g/mol. The van der Waals surface area contributed by atoms with Crippen LogP contribution in [0.4, 0.5) is 5.69 Å². The van der Waals surface area contributed by atoms with E-state index < -0.39 is 0 Å². The predicted molar refractivity (Wildman–Crippen MR) is 141 cm³/mol. The first-order valence-corrected chi connectivity index (χ1v) is 11.7. The highest BCUT2D eigenvalue weighted by Gasteiger charge is 2.17. The number of aromatic nitrogens is 8. The molecule has 0 unspecified atom stereocenters. The lowest BCUT2D eigenvalue weighted by Crippen LogP contribution is -1.98. The Hall–Kier alpha value is -4.92. The van der Waals surface area contributed by atoms with Crippen LogP contribution >= 0.6 is 0 Å². The van der Waals surface area contributed by atoms with E-state index in [0.29, 0.717) is 22.7 Å². The third-order valence-corrected chi connectivity index (χ3v) is 5.91. The molecule has 0 saturated carbocycles. The molecule has 0 spiro atoms. The molecule has 6 aromatic rings. The Kier molecular flexibility index (Phi) is 5.42. The van der Waals surface area contributed by atoms with Gasteiger partial charge in [0.25, 0.3) is 0 Å². The summed E-state index contributed by atoms with van der Waals surface area (Å²) in [5.74, 6) is 0.597. The molecule has 0 bridgehead atoms. The fourth-order valence-electron chi connectivity index (χ4n) is 4.23. The first kappa shape index (κ1) is 21.6. The maximum Gasteiger partial charge on any atom is 0.162 e. The summed E-state index contributed by atoms with van der Waals surface area (Å²) >= 11 is 0. The van der Waals surface area contributed by atoms with E-state index in [1.165, 1.54) is 0 Å². The molecule has 0 aliphatic rings. The quantitative estimate of drug-likeness (QED) is 0.270. The van der Waals surface area contributed by atoms with Gasteiger partial charge in [-0.15, -0.1) is 0 Å². The molecule has 0 atom stereocenters. The van der Waals surface area contributed by atoms with Gasteiger partial charge in [0.15, 0.2) is 17.2 Å². The number of rotatable bonds is 7. The smallest absolute Gasteiger partial charge is 0.162 e. The molecule has 3 N–H and O–H groups in total. The second kappa shape index (κ2) is 9.03. The third kappa shape index (κ3) is 3.96. The predicted octanol–water partition coefficient (Wildman–Crippen LogP) is 5.75. The van der Waals surface area contributed by atoms with Crippen molar-refractivity contribution in [2.75, 3.05) is 5.32 Å². The van der Waals surface area contributed by atoms with Crippen LogP contribution in [0.1, 0.15) is 19.8 Å². The minimum absolute atomic E-state index is 0.597. The van der Waals surface area contributed by atoms with Crippen LogP contribution in [0.5, 0.6) is 0 Å². The highest BCUT2D eigenvalue weighted by atomic mass is 15.2. The number of aromatic amines is 2. The Balaban J connectivity index is 1.40. The van der Waals surface area contributed by atoms with E-state index in [-0.39, 0.29) is 0 Å². The number of nitrogens with zero attached hydrogens (tertiary/aromatic N) is 6. The average Bonchev–Trinajstić information content (AvgIpc) is 3.53. The Morgan fingerprint density at radius 1 is 0.944 bits per heavy atom. The van der Waals surface area contributed by atoms with Crippen LogP contribution in [-0.4, -0.2) is 40.1 Å².